The first-order valence-electron chi connectivity index (χ1n) is 5.48. The zero-order chi connectivity index (χ0) is 13.3. The summed E-state index contributed by atoms with van der Waals surface area (Å²) in [5.41, 5.74) is 4.49. The Morgan fingerprint density at radius 3 is 2.47 bits per heavy atom. The van der Waals surface area contributed by atoms with Gasteiger partial charge in [-0.25, -0.2) is 0 Å². The molecule has 17 heavy (non-hydrogen) atoms. The molecule has 4 N–H and O–H groups in total. The standard InChI is InChI=1S/C12H20N2O2S/c1-11(2,12(3,4)16)14-6-9-5-8(7-17-9)10(13)15/h5,7,14,16H,6H2,1-4H3,(H2,13,15). The highest BCUT2D eigenvalue weighted by molar-refractivity contribution is 7.10. The summed E-state index contributed by atoms with van der Waals surface area (Å²) in [5, 5.41) is 15.0. The first-order valence-corrected chi connectivity index (χ1v) is 6.36. The number of nitrogens with one attached hydrogen (secondary N) is 1. The maximum atomic E-state index is 10.9. The first-order chi connectivity index (χ1) is 7.63. The van der Waals surface area contributed by atoms with Crippen LogP contribution < -0.4 is 11.1 Å². The van der Waals surface area contributed by atoms with Gasteiger partial charge in [-0.3, -0.25) is 4.79 Å². The summed E-state index contributed by atoms with van der Waals surface area (Å²) in [4.78, 5) is 12.0. The molecule has 0 bridgehead atoms. The third kappa shape index (κ3) is 3.52. The molecule has 1 rings (SSSR count). The summed E-state index contributed by atoms with van der Waals surface area (Å²) in [6, 6.07) is 1.78. The third-order valence-corrected chi connectivity index (χ3v) is 4.11. The topological polar surface area (TPSA) is 75.3 Å². The Labute approximate surface area is 106 Å². The lowest BCUT2D eigenvalue weighted by Crippen LogP contribution is -2.55. The lowest BCUT2D eigenvalue weighted by Gasteiger charge is -2.38. The number of hydrogen-bond donors (Lipinski definition) is 3. The van der Waals surface area contributed by atoms with Crippen LogP contribution in [-0.2, 0) is 6.54 Å². The molecular weight excluding hydrogens is 236 g/mol. The van der Waals surface area contributed by atoms with E-state index in [1.54, 1.807) is 25.3 Å². The predicted octanol–water partition coefficient (Wildman–Crippen LogP) is 1.49. The molecule has 1 heterocycles. The molecule has 1 amide bonds. The van der Waals surface area contributed by atoms with Crippen LogP contribution in [-0.4, -0.2) is 22.2 Å². The largest absolute Gasteiger partial charge is 0.389 e. The van der Waals surface area contributed by atoms with Gasteiger partial charge in [-0.1, -0.05) is 0 Å². The van der Waals surface area contributed by atoms with Crippen LogP contribution in [0.1, 0.15) is 42.9 Å². The molecule has 0 aliphatic heterocycles. The van der Waals surface area contributed by atoms with Gasteiger partial charge in [0.2, 0.25) is 5.91 Å². The quantitative estimate of drug-likeness (QED) is 0.747. The monoisotopic (exact) mass is 256 g/mol. The van der Waals surface area contributed by atoms with Crippen LogP contribution in [0.25, 0.3) is 0 Å². The van der Waals surface area contributed by atoms with Gasteiger partial charge >= 0.3 is 0 Å². The van der Waals surface area contributed by atoms with Gasteiger partial charge in [-0.2, -0.15) is 0 Å². The minimum absolute atomic E-state index is 0.408. The van der Waals surface area contributed by atoms with Crippen LogP contribution in [0.15, 0.2) is 11.4 Å². The van der Waals surface area contributed by atoms with Crippen LogP contribution in [0.3, 0.4) is 0 Å². The van der Waals surface area contributed by atoms with E-state index in [1.165, 1.54) is 11.3 Å². The van der Waals surface area contributed by atoms with E-state index in [2.05, 4.69) is 5.32 Å². The van der Waals surface area contributed by atoms with Crippen molar-refractivity contribution in [3.05, 3.63) is 21.9 Å². The maximum absolute atomic E-state index is 10.9. The van der Waals surface area contributed by atoms with Crippen LogP contribution in [0, 0.1) is 0 Å². The molecule has 96 valence electrons. The Morgan fingerprint density at radius 1 is 1.47 bits per heavy atom. The second-order valence-corrected chi connectivity index (χ2v) is 6.20. The molecule has 4 nitrogen and oxygen atoms in total. The van der Waals surface area contributed by atoms with Crippen molar-refractivity contribution >= 4 is 17.2 Å². The molecule has 0 spiro atoms. The van der Waals surface area contributed by atoms with E-state index in [9.17, 15) is 9.90 Å². The van der Waals surface area contributed by atoms with Crippen molar-refractivity contribution < 1.29 is 9.90 Å². The zero-order valence-corrected chi connectivity index (χ0v) is 11.5. The molecule has 0 radical (unpaired) electrons. The number of thiophene rings is 1. The van der Waals surface area contributed by atoms with Crippen LogP contribution in [0.4, 0.5) is 0 Å². The van der Waals surface area contributed by atoms with Crippen molar-refractivity contribution in [2.24, 2.45) is 5.73 Å². The van der Waals surface area contributed by atoms with E-state index >= 15 is 0 Å². The lowest BCUT2D eigenvalue weighted by molar-refractivity contribution is -0.00520. The van der Waals surface area contributed by atoms with E-state index in [4.69, 9.17) is 5.73 Å². The average Bonchev–Trinajstić information content (AvgIpc) is 2.61. The highest BCUT2D eigenvalue weighted by atomic mass is 32.1. The molecule has 1 aromatic rings. The van der Waals surface area contributed by atoms with E-state index < -0.39 is 17.0 Å². The maximum Gasteiger partial charge on any atom is 0.249 e. The molecule has 0 aliphatic carbocycles. The Morgan fingerprint density at radius 2 is 2.06 bits per heavy atom. The van der Waals surface area contributed by atoms with Crippen molar-refractivity contribution in [2.45, 2.75) is 45.4 Å². The Balaban J connectivity index is 2.64. The third-order valence-electron chi connectivity index (χ3n) is 3.17. The smallest absolute Gasteiger partial charge is 0.249 e. The van der Waals surface area contributed by atoms with Crippen molar-refractivity contribution in [3.8, 4) is 0 Å². The Kier molecular flexibility index (Phi) is 3.96. The Bertz CT molecular complexity index is 405. The van der Waals surface area contributed by atoms with Gasteiger partial charge in [0.05, 0.1) is 11.2 Å². The normalized spacial score (nSPS) is 12.8. The molecule has 5 heteroatoms. The fraction of sp³-hybridized carbons (Fsp3) is 0.583. The summed E-state index contributed by atoms with van der Waals surface area (Å²) < 4.78 is 0. The summed E-state index contributed by atoms with van der Waals surface area (Å²) in [6.45, 7) is 8.02. The van der Waals surface area contributed by atoms with Gasteiger partial charge < -0.3 is 16.2 Å². The Hall–Kier alpha value is -0.910. The number of hydrogen-bond acceptors (Lipinski definition) is 4. The van der Waals surface area contributed by atoms with E-state index in [0.29, 0.717) is 12.1 Å². The molecule has 0 unspecified atom stereocenters. The van der Waals surface area contributed by atoms with Crippen LogP contribution in [0.2, 0.25) is 0 Å². The minimum atomic E-state index is -0.823. The number of nitrogens with two attached hydrogens (primary N) is 1. The van der Waals surface area contributed by atoms with Crippen molar-refractivity contribution in [3.63, 3.8) is 0 Å². The van der Waals surface area contributed by atoms with E-state index in [0.717, 1.165) is 4.88 Å². The number of carbonyl (C=O) groups excluding carboxylic acids is 1. The first kappa shape index (κ1) is 14.2. The minimum Gasteiger partial charge on any atom is -0.389 e. The van der Waals surface area contributed by atoms with Crippen LogP contribution >= 0.6 is 11.3 Å². The fourth-order valence-electron chi connectivity index (χ4n) is 1.13. The second-order valence-electron chi connectivity index (χ2n) is 5.20. The molecule has 0 saturated carbocycles. The molecule has 0 atom stereocenters. The van der Waals surface area contributed by atoms with Gasteiger partial charge in [0, 0.05) is 22.3 Å². The second kappa shape index (κ2) is 4.76. The fourth-order valence-corrected chi connectivity index (χ4v) is 1.94. The highest BCUT2D eigenvalue weighted by Crippen LogP contribution is 2.22. The molecule has 0 aromatic carbocycles. The number of amides is 1. The van der Waals surface area contributed by atoms with Gasteiger partial charge in [0.1, 0.15) is 0 Å². The molecular formula is C12H20N2O2S. The predicted molar refractivity (Wildman–Crippen MR) is 70.1 cm³/mol. The van der Waals surface area contributed by atoms with E-state index in [-0.39, 0.29) is 0 Å². The summed E-state index contributed by atoms with van der Waals surface area (Å²) in [6.07, 6.45) is 0. The van der Waals surface area contributed by atoms with Gasteiger partial charge in [-0.15, -0.1) is 11.3 Å². The summed E-state index contributed by atoms with van der Waals surface area (Å²) >= 11 is 1.48. The lowest BCUT2D eigenvalue weighted by atomic mass is 9.86. The van der Waals surface area contributed by atoms with Gasteiger partial charge in [-0.05, 0) is 33.8 Å². The number of carbonyl (C=O) groups is 1. The number of aliphatic hydroxyl groups is 1. The van der Waals surface area contributed by atoms with Crippen LogP contribution in [0.5, 0.6) is 0 Å². The number of primary amides is 1. The summed E-state index contributed by atoms with van der Waals surface area (Å²) in [5.74, 6) is -0.408. The highest BCUT2D eigenvalue weighted by Gasteiger charge is 2.34. The van der Waals surface area contributed by atoms with Gasteiger partial charge in [0.15, 0.2) is 0 Å². The molecule has 1 aromatic heterocycles. The average molecular weight is 256 g/mol. The number of rotatable bonds is 5. The summed E-state index contributed by atoms with van der Waals surface area (Å²) in [7, 11) is 0. The van der Waals surface area contributed by atoms with Crippen molar-refractivity contribution in [1.29, 1.82) is 0 Å². The molecule has 0 fully saturated rings. The zero-order valence-electron chi connectivity index (χ0n) is 10.7. The molecule has 0 aliphatic rings. The molecule has 0 saturated heterocycles. The SMILES string of the molecule is CC(C)(O)C(C)(C)NCc1cc(C(N)=O)cs1. The van der Waals surface area contributed by atoms with Crippen molar-refractivity contribution in [1.82, 2.24) is 5.32 Å². The van der Waals surface area contributed by atoms with Gasteiger partial charge in [0.25, 0.3) is 0 Å². The van der Waals surface area contributed by atoms with Crippen molar-refractivity contribution in [2.75, 3.05) is 0 Å². The van der Waals surface area contributed by atoms with E-state index in [1.807, 2.05) is 13.8 Å².